The summed E-state index contributed by atoms with van der Waals surface area (Å²) >= 11 is 5.91. The first-order valence-corrected chi connectivity index (χ1v) is 4.01. The summed E-state index contributed by atoms with van der Waals surface area (Å²) in [7, 11) is 0. The van der Waals surface area contributed by atoms with Gasteiger partial charge in [0.1, 0.15) is 10.8 Å². The molecule has 0 bridgehead atoms. The minimum Gasteiger partial charge on any atom is -0.325 e. The Kier molecular flexibility index (Phi) is 1.75. The molecule has 0 aromatic carbocycles. The van der Waals surface area contributed by atoms with Crippen molar-refractivity contribution in [3.05, 3.63) is 35.2 Å². The molecule has 0 aliphatic carbocycles. The van der Waals surface area contributed by atoms with E-state index in [0.717, 1.165) is 11.3 Å². The van der Waals surface area contributed by atoms with Gasteiger partial charge in [-0.15, -0.1) is 0 Å². The van der Waals surface area contributed by atoms with Crippen LogP contribution in [0.3, 0.4) is 0 Å². The van der Waals surface area contributed by atoms with Crippen LogP contribution in [0.1, 0.15) is 5.69 Å². The molecule has 2 aromatic rings. The highest BCUT2D eigenvalue weighted by atomic mass is 35.5. The third kappa shape index (κ3) is 1.07. The van der Waals surface area contributed by atoms with Crippen molar-refractivity contribution in [2.75, 3.05) is 0 Å². The number of rotatable bonds is 1. The van der Waals surface area contributed by atoms with Gasteiger partial charge in [-0.1, -0.05) is 17.7 Å². The predicted octanol–water partition coefficient (Wildman–Crippen LogP) is 1.45. The zero-order chi connectivity index (χ0) is 8.55. The quantitative estimate of drug-likeness (QED) is 0.677. The van der Waals surface area contributed by atoms with Crippen LogP contribution in [-0.2, 0) is 6.54 Å². The number of nitrogens with zero attached hydrogens (tertiary/aromatic N) is 2. The molecule has 0 aliphatic rings. The van der Waals surface area contributed by atoms with Crippen molar-refractivity contribution in [1.82, 2.24) is 9.38 Å². The average Bonchev–Trinajstić information content (AvgIpc) is 2.49. The summed E-state index contributed by atoms with van der Waals surface area (Å²) in [6.45, 7) is 0.442. The SMILES string of the molecule is NCc1cn2c(Cl)cccc2n1. The third-order valence-electron chi connectivity index (χ3n) is 1.70. The van der Waals surface area contributed by atoms with E-state index in [-0.39, 0.29) is 0 Å². The van der Waals surface area contributed by atoms with E-state index in [9.17, 15) is 0 Å². The lowest BCUT2D eigenvalue weighted by Crippen LogP contribution is -1.95. The Labute approximate surface area is 74.8 Å². The second kappa shape index (κ2) is 2.77. The molecule has 2 N–H and O–H groups in total. The minimum atomic E-state index is 0.442. The van der Waals surface area contributed by atoms with E-state index >= 15 is 0 Å². The van der Waals surface area contributed by atoms with Gasteiger partial charge in [-0.05, 0) is 12.1 Å². The Morgan fingerprint density at radius 2 is 2.33 bits per heavy atom. The second-order valence-corrected chi connectivity index (χ2v) is 2.90. The van der Waals surface area contributed by atoms with Gasteiger partial charge in [0.25, 0.3) is 0 Å². The van der Waals surface area contributed by atoms with Crippen LogP contribution in [0, 0.1) is 0 Å². The molecular formula is C8H8ClN3. The molecule has 2 heterocycles. The van der Waals surface area contributed by atoms with Gasteiger partial charge in [0.15, 0.2) is 0 Å². The van der Waals surface area contributed by atoms with Gasteiger partial charge in [0, 0.05) is 12.7 Å². The minimum absolute atomic E-state index is 0.442. The van der Waals surface area contributed by atoms with Crippen molar-refractivity contribution in [3.63, 3.8) is 0 Å². The van der Waals surface area contributed by atoms with Crippen molar-refractivity contribution in [1.29, 1.82) is 0 Å². The summed E-state index contributed by atoms with van der Waals surface area (Å²) in [5.41, 5.74) is 7.13. The summed E-state index contributed by atoms with van der Waals surface area (Å²) in [6, 6.07) is 5.58. The van der Waals surface area contributed by atoms with Gasteiger partial charge in [0.2, 0.25) is 0 Å². The zero-order valence-corrected chi connectivity index (χ0v) is 7.12. The van der Waals surface area contributed by atoms with Gasteiger partial charge in [-0.25, -0.2) is 4.98 Å². The van der Waals surface area contributed by atoms with Crippen molar-refractivity contribution in [2.45, 2.75) is 6.54 Å². The summed E-state index contributed by atoms with van der Waals surface area (Å²) in [5, 5.41) is 0.653. The first-order chi connectivity index (χ1) is 5.81. The molecule has 0 unspecified atom stereocenters. The first-order valence-electron chi connectivity index (χ1n) is 3.64. The molecule has 0 spiro atoms. The molecule has 0 radical (unpaired) electrons. The van der Waals surface area contributed by atoms with E-state index in [0.29, 0.717) is 11.7 Å². The summed E-state index contributed by atoms with van der Waals surface area (Å²) < 4.78 is 1.81. The van der Waals surface area contributed by atoms with Crippen LogP contribution in [0.15, 0.2) is 24.4 Å². The van der Waals surface area contributed by atoms with Crippen LogP contribution in [0.2, 0.25) is 5.15 Å². The number of fused-ring (bicyclic) bond motifs is 1. The Morgan fingerprint density at radius 3 is 3.00 bits per heavy atom. The first kappa shape index (κ1) is 7.58. The summed E-state index contributed by atoms with van der Waals surface area (Å²) in [5.74, 6) is 0. The van der Waals surface area contributed by atoms with E-state index in [1.807, 2.05) is 28.8 Å². The Morgan fingerprint density at radius 1 is 1.50 bits per heavy atom. The smallest absolute Gasteiger partial charge is 0.138 e. The Balaban J connectivity index is 2.74. The van der Waals surface area contributed by atoms with Gasteiger partial charge in [-0.3, -0.25) is 4.40 Å². The molecule has 0 amide bonds. The summed E-state index contributed by atoms with van der Waals surface area (Å²) in [4.78, 5) is 4.25. The highest BCUT2D eigenvalue weighted by Crippen LogP contribution is 2.12. The molecule has 0 saturated heterocycles. The highest BCUT2D eigenvalue weighted by Gasteiger charge is 2.00. The van der Waals surface area contributed by atoms with Crippen molar-refractivity contribution in [2.24, 2.45) is 5.73 Å². The van der Waals surface area contributed by atoms with Gasteiger partial charge < -0.3 is 5.73 Å². The lowest BCUT2D eigenvalue weighted by atomic mass is 10.5. The van der Waals surface area contributed by atoms with Crippen molar-refractivity contribution in [3.8, 4) is 0 Å². The second-order valence-electron chi connectivity index (χ2n) is 2.51. The van der Waals surface area contributed by atoms with Crippen molar-refractivity contribution < 1.29 is 0 Å². The molecular weight excluding hydrogens is 174 g/mol. The maximum absolute atomic E-state index is 5.91. The number of hydrogen-bond acceptors (Lipinski definition) is 2. The van der Waals surface area contributed by atoms with E-state index in [1.54, 1.807) is 0 Å². The predicted molar refractivity (Wildman–Crippen MR) is 48.1 cm³/mol. The lowest BCUT2D eigenvalue weighted by Gasteiger charge is -1.93. The fraction of sp³-hybridized carbons (Fsp3) is 0.125. The van der Waals surface area contributed by atoms with Crippen LogP contribution in [0.4, 0.5) is 0 Å². The monoisotopic (exact) mass is 181 g/mol. The van der Waals surface area contributed by atoms with Gasteiger partial charge >= 0.3 is 0 Å². The number of pyridine rings is 1. The van der Waals surface area contributed by atoms with E-state index < -0.39 is 0 Å². The standard InChI is InChI=1S/C8H8ClN3/c9-7-2-1-3-8-11-6(4-10)5-12(7)8/h1-3,5H,4,10H2. The zero-order valence-electron chi connectivity index (χ0n) is 6.37. The van der Waals surface area contributed by atoms with Crippen LogP contribution in [0.25, 0.3) is 5.65 Å². The van der Waals surface area contributed by atoms with Crippen molar-refractivity contribution >= 4 is 17.2 Å². The molecule has 2 aromatic heterocycles. The molecule has 0 atom stereocenters. The van der Waals surface area contributed by atoms with Crippen LogP contribution >= 0.6 is 11.6 Å². The van der Waals surface area contributed by atoms with Crippen LogP contribution < -0.4 is 5.73 Å². The van der Waals surface area contributed by atoms with E-state index in [2.05, 4.69) is 4.98 Å². The topological polar surface area (TPSA) is 43.3 Å². The summed E-state index contributed by atoms with van der Waals surface area (Å²) in [6.07, 6.45) is 1.84. The number of halogens is 1. The fourth-order valence-electron chi connectivity index (χ4n) is 1.13. The normalized spacial score (nSPS) is 10.8. The molecule has 0 aliphatic heterocycles. The number of aromatic nitrogens is 2. The van der Waals surface area contributed by atoms with Gasteiger partial charge in [0.05, 0.1) is 5.69 Å². The molecule has 3 nitrogen and oxygen atoms in total. The molecule has 0 fully saturated rings. The maximum Gasteiger partial charge on any atom is 0.138 e. The molecule has 2 rings (SSSR count). The fourth-order valence-corrected chi connectivity index (χ4v) is 1.33. The molecule has 4 heteroatoms. The lowest BCUT2D eigenvalue weighted by molar-refractivity contribution is 1.02. The molecule has 62 valence electrons. The molecule has 12 heavy (non-hydrogen) atoms. The molecule has 0 saturated carbocycles. The largest absolute Gasteiger partial charge is 0.325 e. The van der Waals surface area contributed by atoms with E-state index in [4.69, 9.17) is 17.3 Å². The Hall–Kier alpha value is -1.06. The van der Waals surface area contributed by atoms with Gasteiger partial charge in [-0.2, -0.15) is 0 Å². The maximum atomic E-state index is 5.91. The number of nitrogens with two attached hydrogens (primary N) is 1. The number of imidazole rings is 1. The average molecular weight is 182 g/mol. The van der Waals surface area contributed by atoms with Crippen LogP contribution in [-0.4, -0.2) is 9.38 Å². The number of hydrogen-bond donors (Lipinski definition) is 1. The highest BCUT2D eigenvalue weighted by molar-refractivity contribution is 6.29. The Bertz CT molecular complexity index is 408. The third-order valence-corrected chi connectivity index (χ3v) is 2.01. The van der Waals surface area contributed by atoms with Crippen LogP contribution in [0.5, 0.6) is 0 Å². The van der Waals surface area contributed by atoms with E-state index in [1.165, 1.54) is 0 Å².